The summed E-state index contributed by atoms with van der Waals surface area (Å²) in [6.07, 6.45) is -3.23. The molecule has 1 amide bonds. The minimum atomic E-state index is -4.39. The van der Waals surface area contributed by atoms with E-state index < -0.39 is 40.3 Å². The van der Waals surface area contributed by atoms with Crippen LogP contribution in [0.2, 0.25) is 0 Å². The summed E-state index contributed by atoms with van der Waals surface area (Å²) in [5, 5.41) is 2.66. The molecule has 23 heavy (non-hydrogen) atoms. The van der Waals surface area contributed by atoms with Crippen LogP contribution in [0.1, 0.15) is 39.0 Å². The average molecular weight is 356 g/mol. The standard InChI is InChI=1S/C14H23F3N2O3S/c1-2-10(8-14(15,16)17)9-23(21,22)19-7-3-4-11-5-6-18-13(20)12(11)19/h10-12H,2-9H2,1H3,(H,18,20). The number of amides is 1. The van der Waals surface area contributed by atoms with E-state index in [9.17, 15) is 26.4 Å². The number of carbonyl (C=O) groups excluding carboxylic acids is 1. The van der Waals surface area contributed by atoms with Crippen LogP contribution in [0.15, 0.2) is 0 Å². The molecule has 2 rings (SSSR count). The molecule has 0 aromatic heterocycles. The Bertz CT molecular complexity index is 534. The molecule has 2 fully saturated rings. The first-order valence-corrected chi connectivity index (χ1v) is 9.59. The first kappa shape index (κ1) is 18.5. The summed E-state index contributed by atoms with van der Waals surface area (Å²) < 4.78 is 64.1. The largest absolute Gasteiger partial charge is 0.389 e. The van der Waals surface area contributed by atoms with Crippen LogP contribution in [0.4, 0.5) is 13.2 Å². The molecule has 2 saturated heterocycles. The first-order chi connectivity index (χ1) is 10.6. The van der Waals surface area contributed by atoms with Crippen molar-refractivity contribution in [2.24, 2.45) is 11.8 Å². The van der Waals surface area contributed by atoms with Gasteiger partial charge in [-0.05, 0) is 31.1 Å². The lowest BCUT2D eigenvalue weighted by molar-refractivity contribution is -0.143. The van der Waals surface area contributed by atoms with Crippen LogP contribution >= 0.6 is 0 Å². The van der Waals surface area contributed by atoms with Crippen molar-refractivity contribution >= 4 is 15.9 Å². The molecule has 0 aliphatic carbocycles. The first-order valence-electron chi connectivity index (χ1n) is 7.98. The number of nitrogens with one attached hydrogen (secondary N) is 1. The van der Waals surface area contributed by atoms with Crippen LogP contribution in [-0.4, -0.2) is 49.7 Å². The summed E-state index contributed by atoms with van der Waals surface area (Å²) in [4.78, 5) is 12.1. The van der Waals surface area contributed by atoms with Crippen molar-refractivity contribution in [1.82, 2.24) is 9.62 Å². The van der Waals surface area contributed by atoms with Crippen molar-refractivity contribution in [2.75, 3.05) is 18.8 Å². The molecule has 9 heteroatoms. The Morgan fingerprint density at radius 1 is 1.35 bits per heavy atom. The van der Waals surface area contributed by atoms with Gasteiger partial charge in [-0.1, -0.05) is 13.3 Å². The third kappa shape index (κ3) is 4.59. The van der Waals surface area contributed by atoms with Crippen molar-refractivity contribution in [1.29, 1.82) is 0 Å². The monoisotopic (exact) mass is 356 g/mol. The Morgan fingerprint density at radius 3 is 2.65 bits per heavy atom. The van der Waals surface area contributed by atoms with E-state index in [1.807, 2.05) is 0 Å². The molecule has 3 atom stereocenters. The molecule has 5 nitrogen and oxygen atoms in total. The summed E-state index contributed by atoms with van der Waals surface area (Å²) >= 11 is 0. The molecule has 0 radical (unpaired) electrons. The SMILES string of the molecule is CCC(CC(F)(F)F)CS(=O)(=O)N1CCCC2CCNC(=O)C21. The molecular weight excluding hydrogens is 333 g/mol. The summed E-state index contributed by atoms with van der Waals surface area (Å²) in [7, 11) is -3.90. The van der Waals surface area contributed by atoms with Crippen molar-refractivity contribution < 1.29 is 26.4 Å². The van der Waals surface area contributed by atoms with Gasteiger partial charge in [-0.3, -0.25) is 4.79 Å². The van der Waals surface area contributed by atoms with Gasteiger partial charge in [0.2, 0.25) is 15.9 Å². The predicted octanol–water partition coefficient (Wildman–Crippen LogP) is 1.90. The van der Waals surface area contributed by atoms with E-state index in [1.165, 1.54) is 0 Å². The number of sulfonamides is 1. The Kier molecular flexibility index (Phi) is 5.60. The molecule has 0 spiro atoms. The number of hydrogen-bond acceptors (Lipinski definition) is 3. The van der Waals surface area contributed by atoms with Gasteiger partial charge in [0.05, 0.1) is 5.75 Å². The molecule has 0 saturated carbocycles. The summed E-state index contributed by atoms with van der Waals surface area (Å²) in [5.74, 6) is -1.89. The summed E-state index contributed by atoms with van der Waals surface area (Å²) in [6, 6.07) is -0.758. The number of carbonyl (C=O) groups is 1. The van der Waals surface area contributed by atoms with Crippen LogP contribution in [0.25, 0.3) is 0 Å². The minimum absolute atomic E-state index is 0.0324. The zero-order chi connectivity index (χ0) is 17.3. The third-order valence-corrected chi connectivity index (χ3v) is 6.71. The van der Waals surface area contributed by atoms with Gasteiger partial charge >= 0.3 is 6.18 Å². The van der Waals surface area contributed by atoms with Crippen LogP contribution in [0.5, 0.6) is 0 Å². The second-order valence-corrected chi connectivity index (χ2v) is 8.38. The predicted molar refractivity (Wildman–Crippen MR) is 79.1 cm³/mol. The third-order valence-electron chi connectivity index (χ3n) is 4.69. The number of rotatable bonds is 5. The number of nitrogens with zero attached hydrogens (tertiary/aromatic N) is 1. The maximum absolute atomic E-state index is 12.6. The zero-order valence-electron chi connectivity index (χ0n) is 13.1. The van der Waals surface area contributed by atoms with Gasteiger partial charge in [0, 0.05) is 19.5 Å². The van der Waals surface area contributed by atoms with Crippen molar-refractivity contribution in [2.45, 2.75) is 51.2 Å². The Morgan fingerprint density at radius 2 is 2.04 bits per heavy atom. The van der Waals surface area contributed by atoms with E-state index in [0.29, 0.717) is 19.4 Å². The molecule has 2 aliphatic rings. The number of fused-ring (bicyclic) bond motifs is 1. The normalized spacial score (nSPS) is 28.1. The van der Waals surface area contributed by atoms with E-state index in [-0.39, 0.29) is 24.8 Å². The van der Waals surface area contributed by atoms with E-state index in [4.69, 9.17) is 0 Å². The van der Waals surface area contributed by atoms with Gasteiger partial charge < -0.3 is 5.32 Å². The van der Waals surface area contributed by atoms with E-state index in [0.717, 1.165) is 10.7 Å². The zero-order valence-corrected chi connectivity index (χ0v) is 13.9. The molecule has 3 unspecified atom stereocenters. The highest BCUT2D eigenvalue weighted by Gasteiger charge is 2.45. The highest BCUT2D eigenvalue weighted by atomic mass is 32.2. The van der Waals surface area contributed by atoms with Gasteiger partial charge in [0.25, 0.3) is 0 Å². The average Bonchev–Trinajstić information content (AvgIpc) is 2.44. The fraction of sp³-hybridized carbons (Fsp3) is 0.929. The lowest BCUT2D eigenvalue weighted by Crippen LogP contribution is -2.59. The van der Waals surface area contributed by atoms with Crippen LogP contribution in [-0.2, 0) is 14.8 Å². The maximum Gasteiger partial charge on any atom is 0.389 e. The highest BCUT2D eigenvalue weighted by molar-refractivity contribution is 7.89. The van der Waals surface area contributed by atoms with Crippen molar-refractivity contribution in [3.05, 3.63) is 0 Å². The van der Waals surface area contributed by atoms with Crippen molar-refractivity contribution in [3.63, 3.8) is 0 Å². The van der Waals surface area contributed by atoms with Gasteiger partial charge in [0.15, 0.2) is 0 Å². The maximum atomic E-state index is 12.6. The lowest BCUT2D eigenvalue weighted by atomic mass is 9.85. The molecule has 134 valence electrons. The number of alkyl halides is 3. The van der Waals surface area contributed by atoms with Crippen LogP contribution in [0.3, 0.4) is 0 Å². The minimum Gasteiger partial charge on any atom is -0.355 e. The van der Waals surface area contributed by atoms with E-state index in [2.05, 4.69) is 5.32 Å². The van der Waals surface area contributed by atoms with Gasteiger partial charge in [-0.25, -0.2) is 8.42 Å². The summed E-state index contributed by atoms with van der Waals surface area (Å²) in [6.45, 7) is 2.29. The second kappa shape index (κ2) is 6.96. The smallest absolute Gasteiger partial charge is 0.355 e. The van der Waals surface area contributed by atoms with E-state index >= 15 is 0 Å². The van der Waals surface area contributed by atoms with Crippen molar-refractivity contribution in [3.8, 4) is 0 Å². The van der Waals surface area contributed by atoms with Gasteiger partial charge in [-0.15, -0.1) is 0 Å². The molecular formula is C14H23F3N2O3S. The van der Waals surface area contributed by atoms with Gasteiger partial charge in [0.1, 0.15) is 6.04 Å². The molecule has 0 aromatic carbocycles. The number of piperidine rings is 2. The Hall–Kier alpha value is -0.830. The van der Waals surface area contributed by atoms with Gasteiger partial charge in [-0.2, -0.15) is 17.5 Å². The lowest BCUT2D eigenvalue weighted by Gasteiger charge is -2.42. The van der Waals surface area contributed by atoms with E-state index in [1.54, 1.807) is 6.92 Å². The number of halogens is 3. The summed E-state index contributed by atoms with van der Waals surface area (Å²) in [5.41, 5.74) is 0. The molecule has 1 N–H and O–H groups in total. The molecule has 2 aliphatic heterocycles. The Labute approximate surface area is 134 Å². The molecule has 0 bridgehead atoms. The molecule has 2 heterocycles. The quantitative estimate of drug-likeness (QED) is 0.818. The van der Waals surface area contributed by atoms with Crippen LogP contribution in [0, 0.1) is 11.8 Å². The Balaban J connectivity index is 2.15. The topological polar surface area (TPSA) is 66.5 Å². The number of hydrogen-bond donors (Lipinski definition) is 1. The van der Waals surface area contributed by atoms with Crippen LogP contribution < -0.4 is 5.32 Å². The fourth-order valence-electron chi connectivity index (χ4n) is 3.53. The highest BCUT2D eigenvalue weighted by Crippen LogP contribution is 2.33. The second-order valence-electron chi connectivity index (χ2n) is 6.41. The molecule has 0 aromatic rings. The fourth-order valence-corrected chi connectivity index (χ4v) is 5.69.